The minimum absolute atomic E-state index is 0.0143. The Balaban J connectivity index is 1.71. The van der Waals surface area contributed by atoms with Crippen molar-refractivity contribution in [3.05, 3.63) is 59.3 Å². The van der Waals surface area contributed by atoms with E-state index in [2.05, 4.69) is 5.32 Å². The van der Waals surface area contributed by atoms with E-state index in [1.165, 1.54) is 16.7 Å². The molecular weight excluding hydrogens is 340 g/mol. The number of carbonyl (C=O) groups excluding carboxylic acids is 2. The van der Waals surface area contributed by atoms with Crippen molar-refractivity contribution in [2.75, 3.05) is 5.75 Å². The number of carboxylic acids is 1. The van der Waals surface area contributed by atoms with Gasteiger partial charge in [0.15, 0.2) is 0 Å². The zero-order valence-corrected chi connectivity index (χ0v) is 14.5. The first-order valence-corrected chi connectivity index (χ1v) is 8.95. The molecule has 0 aliphatic carbocycles. The number of carbonyl (C=O) groups is 3. The van der Waals surface area contributed by atoms with E-state index in [9.17, 15) is 19.5 Å². The van der Waals surface area contributed by atoms with E-state index in [1.807, 2.05) is 30.3 Å². The van der Waals surface area contributed by atoms with Gasteiger partial charge < -0.3 is 10.4 Å². The lowest BCUT2D eigenvalue weighted by atomic mass is 10.0. The lowest BCUT2D eigenvalue weighted by molar-refractivity contribution is -0.150. The van der Waals surface area contributed by atoms with Gasteiger partial charge in [0.2, 0.25) is 5.91 Å². The zero-order valence-electron chi connectivity index (χ0n) is 13.6. The molecule has 0 aromatic heterocycles. The summed E-state index contributed by atoms with van der Waals surface area (Å²) >= 11 is 1.46. The highest BCUT2D eigenvalue weighted by Gasteiger charge is 2.53. The van der Waals surface area contributed by atoms with Gasteiger partial charge in [0.05, 0.1) is 6.42 Å². The molecule has 3 rings (SSSR count). The summed E-state index contributed by atoms with van der Waals surface area (Å²) in [7, 11) is 0. The number of carboxylic acid groups (broad SMARTS) is 1. The number of fused-ring (bicyclic) bond motifs is 1. The van der Waals surface area contributed by atoms with Crippen molar-refractivity contribution >= 4 is 29.5 Å². The van der Waals surface area contributed by atoms with E-state index < -0.39 is 12.0 Å². The summed E-state index contributed by atoms with van der Waals surface area (Å²) in [5.41, 5.74) is 1.49. The van der Waals surface area contributed by atoms with Gasteiger partial charge in [-0.2, -0.15) is 0 Å². The Morgan fingerprint density at radius 2 is 2.08 bits per heavy atom. The van der Waals surface area contributed by atoms with Gasteiger partial charge in [0, 0.05) is 5.75 Å². The monoisotopic (exact) mass is 358 g/mol. The molecule has 0 radical (unpaired) electrons. The molecule has 2 atom stereocenters. The van der Waals surface area contributed by atoms with Crippen LogP contribution in [-0.2, 0) is 20.8 Å². The molecule has 130 valence electrons. The van der Waals surface area contributed by atoms with Crippen LogP contribution in [0, 0.1) is 0 Å². The van der Waals surface area contributed by atoms with Crippen LogP contribution in [-0.4, -0.2) is 45.0 Å². The summed E-state index contributed by atoms with van der Waals surface area (Å²) < 4.78 is 0. The second-order valence-corrected chi connectivity index (χ2v) is 6.90. The first-order chi connectivity index (χ1) is 12.0. The summed E-state index contributed by atoms with van der Waals surface area (Å²) in [6.07, 6.45) is 3.65. The number of nitrogens with one attached hydrogen (secondary N) is 1. The second-order valence-electron chi connectivity index (χ2n) is 5.80. The third kappa shape index (κ3) is 3.32. The lowest BCUT2D eigenvalue weighted by Gasteiger charge is -2.49. The molecule has 2 aliphatic heterocycles. The summed E-state index contributed by atoms with van der Waals surface area (Å²) in [6, 6.07) is 8.58. The molecule has 0 spiro atoms. The van der Waals surface area contributed by atoms with Crippen LogP contribution in [0.15, 0.2) is 53.8 Å². The van der Waals surface area contributed by atoms with Crippen molar-refractivity contribution in [3.63, 3.8) is 0 Å². The Hall–Kier alpha value is -2.54. The van der Waals surface area contributed by atoms with Gasteiger partial charge in [-0.15, -0.1) is 11.8 Å². The van der Waals surface area contributed by atoms with Crippen molar-refractivity contribution in [2.24, 2.45) is 0 Å². The molecule has 1 saturated heterocycles. The average molecular weight is 358 g/mol. The first kappa shape index (κ1) is 17.3. The molecule has 1 aromatic carbocycles. The maximum atomic E-state index is 12.4. The Labute approximate surface area is 149 Å². The van der Waals surface area contributed by atoms with Gasteiger partial charge in [0.1, 0.15) is 17.1 Å². The summed E-state index contributed by atoms with van der Waals surface area (Å²) in [4.78, 5) is 37.5. The third-order valence-corrected chi connectivity index (χ3v) is 5.39. The minimum Gasteiger partial charge on any atom is -0.477 e. The molecule has 1 fully saturated rings. The van der Waals surface area contributed by atoms with E-state index in [1.54, 1.807) is 19.1 Å². The van der Waals surface area contributed by atoms with E-state index in [0.29, 0.717) is 11.3 Å². The number of allylic oxidation sites excluding steroid dienone is 2. The summed E-state index contributed by atoms with van der Waals surface area (Å²) in [5.74, 6) is -1.26. The van der Waals surface area contributed by atoms with E-state index in [-0.39, 0.29) is 29.3 Å². The quantitative estimate of drug-likeness (QED) is 0.780. The Bertz CT molecular complexity index is 773. The van der Waals surface area contributed by atoms with Crippen LogP contribution in [0.25, 0.3) is 0 Å². The molecule has 25 heavy (non-hydrogen) atoms. The van der Waals surface area contributed by atoms with Crippen molar-refractivity contribution in [3.8, 4) is 0 Å². The lowest BCUT2D eigenvalue weighted by Crippen LogP contribution is -2.70. The number of benzene rings is 1. The van der Waals surface area contributed by atoms with Crippen LogP contribution in [0.5, 0.6) is 0 Å². The maximum Gasteiger partial charge on any atom is 0.352 e. The molecule has 2 aliphatic rings. The number of hydrogen-bond acceptors (Lipinski definition) is 4. The number of thioether (sulfide) groups is 1. The number of hydrogen-bond donors (Lipinski definition) is 2. The van der Waals surface area contributed by atoms with Gasteiger partial charge in [0.25, 0.3) is 5.91 Å². The van der Waals surface area contributed by atoms with Crippen LogP contribution in [0.4, 0.5) is 0 Å². The first-order valence-electron chi connectivity index (χ1n) is 7.90. The number of amides is 2. The van der Waals surface area contributed by atoms with Gasteiger partial charge in [-0.05, 0) is 18.1 Å². The van der Waals surface area contributed by atoms with Crippen molar-refractivity contribution in [1.29, 1.82) is 0 Å². The molecule has 1 aromatic rings. The second kappa shape index (κ2) is 7.14. The van der Waals surface area contributed by atoms with Gasteiger partial charge >= 0.3 is 5.97 Å². The molecular formula is C18H18N2O4S. The van der Waals surface area contributed by atoms with Crippen LogP contribution in [0.2, 0.25) is 0 Å². The van der Waals surface area contributed by atoms with Gasteiger partial charge in [-0.25, -0.2) is 4.79 Å². The van der Waals surface area contributed by atoms with Crippen molar-refractivity contribution < 1.29 is 19.5 Å². The number of rotatable bonds is 5. The number of β-lactam (4-membered cyclic amide) rings is 1. The molecule has 0 unspecified atom stereocenters. The number of nitrogens with zero attached hydrogens (tertiary/aromatic N) is 1. The highest BCUT2D eigenvalue weighted by molar-refractivity contribution is 8.00. The average Bonchev–Trinajstić information content (AvgIpc) is 2.60. The SMILES string of the molecule is C/C=C/C1=C(C(=O)O)N2C(=O)[C@@H](NC(=O)Cc3ccccc3)[C@H]2SC1. The fraction of sp³-hybridized carbons (Fsp3) is 0.278. The third-order valence-electron chi connectivity index (χ3n) is 4.09. The fourth-order valence-electron chi connectivity index (χ4n) is 2.98. The molecule has 2 heterocycles. The van der Waals surface area contributed by atoms with Crippen molar-refractivity contribution in [2.45, 2.75) is 24.8 Å². The van der Waals surface area contributed by atoms with Gasteiger partial charge in [-0.1, -0.05) is 42.5 Å². The largest absolute Gasteiger partial charge is 0.477 e. The van der Waals surface area contributed by atoms with E-state index >= 15 is 0 Å². The van der Waals surface area contributed by atoms with E-state index in [0.717, 1.165) is 5.56 Å². The Morgan fingerprint density at radius 3 is 2.72 bits per heavy atom. The fourth-order valence-corrected chi connectivity index (χ4v) is 4.30. The predicted octanol–water partition coefficient (Wildman–Crippen LogP) is 1.54. The summed E-state index contributed by atoms with van der Waals surface area (Å²) in [6.45, 7) is 1.80. The predicted molar refractivity (Wildman–Crippen MR) is 94.6 cm³/mol. The smallest absolute Gasteiger partial charge is 0.352 e. The van der Waals surface area contributed by atoms with Crippen LogP contribution < -0.4 is 5.32 Å². The molecule has 2 N–H and O–H groups in total. The Kier molecular flexibility index (Phi) is 4.94. The topological polar surface area (TPSA) is 86.7 Å². The maximum absolute atomic E-state index is 12.4. The summed E-state index contributed by atoms with van der Waals surface area (Å²) in [5, 5.41) is 11.8. The molecule has 0 saturated carbocycles. The normalized spacial score (nSPS) is 22.6. The standard InChI is InChI=1S/C18H18N2O4S/c1-2-6-12-10-25-17-14(16(22)20(17)15(12)18(23)24)19-13(21)9-11-7-4-3-5-8-11/h2-8,14,17H,9-10H2,1H3,(H,19,21)(H,23,24)/b6-2+/t14-,17-/m1/s1. The van der Waals surface area contributed by atoms with E-state index in [4.69, 9.17) is 0 Å². The molecule has 6 nitrogen and oxygen atoms in total. The van der Waals surface area contributed by atoms with Crippen molar-refractivity contribution in [1.82, 2.24) is 10.2 Å². The number of aliphatic carboxylic acids is 1. The highest BCUT2D eigenvalue weighted by Crippen LogP contribution is 2.40. The van der Waals surface area contributed by atoms with Crippen LogP contribution in [0.3, 0.4) is 0 Å². The minimum atomic E-state index is -1.12. The van der Waals surface area contributed by atoms with Crippen LogP contribution >= 0.6 is 11.8 Å². The van der Waals surface area contributed by atoms with Gasteiger partial charge in [-0.3, -0.25) is 14.5 Å². The zero-order chi connectivity index (χ0) is 18.0. The Morgan fingerprint density at radius 1 is 1.36 bits per heavy atom. The highest BCUT2D eigenvalue weighted by atomic mass is 32.2. The van der Waals surface area contributed by atoms with Crippen LogP contribution in [0.1, 0.15) is 12.5 Å². The molecule has 7 heteroatoms. The molecule has 0 bridgehead atoms. The molecule has 2 amide bonds.